The predicted molar refractivity (Wildman–Crippen MR) is 76.1 cm³/mol. The SMILES string of the molecule is CCOc1nc(Oc2ccc(Cl)c(C)c2)ccc1N. The van der Waals surface area contributed by atoms with Crippen LogP contribution in [-0.2, 0) is 0 Å². The second-order valence-corrected chi connectivity index (χ2v) is 4.40. The van der Waals surface area contributed by atoms with E-state index in [2.05, 4.69) is 4.98 Å². The van der Waals surface area contributed by atoms with Crippen LogP contribution >= 0.6 is 11.6 Å². The maximum absolute atomic E-state index is 5.96. The molecule has 0 bridgehead atoms. The van der Waals surface area contributed by atoms with Crippen molar-refractivity contribution in [3.63, 3.8) is 0 Å². The number of nitrogens with two attached hydrogens (primary N) is 1. The van der Waals surface area contributed by atoms with Crippen LogP contribution in [0.3, 0.4) is 0 Å². The lowest BCUT2D eigenvalue weighted by molar-refractivity contribution is 0.323. The molecule has 0 spiro atoms. The van der Waals surface area contributed by atoms with Crippen molar-refractivity contribution in [1.82, 2.24) is 4.98 Å². The van der Waals surface area contributed by atoms with Gasteiger partial charge < -0.3 is 15.2 Å². The van der Waals surface area contributed by atoms with Crippen LogP contribution in [0.4, 0.5) is 5.69 Å². The van der Waals surface area contributed by atoms with E-state index in [1.807, 2.05) is 19.9 Å². The second kappa shape index (κ2) is 5.80. The minimum Gasteiger partial charge on any atom is -0.476 e. The molecule has 1 aromatic carbocycles. The van der Waals surface area contributed by atoms with Crippen molar-refractivity contribution in [1.29, 1.82) is 0 Å². The van der Waals surface area contributed by atoms with E-state index in [0.717, 1.165) is 5.56 Å². The number of ether oxygens (including phenoxy) is 2. The summed E-state index contributed by atoms with van der Waals surface area (Å²) in [4.78, 5) is 4.21. The van der Waals surface area contributed by atoms with E-state index < -0.39 is 0 Å². The van der Waals surface area contributed by atoms with Gasteiger partial charge in [0.2, 0.25) is 11.8 Å². The zero-order valence-electron chi connectivity index (χ0n) is 10.8. The Labute approximate surface area is 117 Å². The van der Waals surface area contributed by atoms with E-state index in [4.69, 9.17) is 26.8 Å². The van der Waals surface area contributed by atoms with Crippen LogP contribution in [0.25, 0.3) is 0 Å². The first-order chi connectivity index (χ1) is 9.10. The van der Waals surface area contributed by atoms with Gasteiger partial charge in [-0.25, -0.2) is 0 Å². The fourth-order valence-corrected chi connectivity index (χ4v) is 1.66. The quantitative estimate of drug-likeness (QED) is 0.924. The lowest BCUT2D eigenvalue weighted by atomic mass is 10.2. The molecule has 0 saturated carbocycles. The smallest absolute Gasteiger partial charge is 0.240 e. The van der Waals surface area contributed by atoms with Gasteiger partial charge >= 0.3 is 0 Å². The molecular weight excluding hydrogens is 264 g/mol. The molecule has 0 unspecified atom stereocenters. The number of nitrogen functional groups attached to an aromatic ring is 1. The van der Waals surface area contributed by atoms with Gasteiger partial charge in [-0.1, -0.05) is 11.6 Å². The van der Waals surface area contributed by atoms with Crippen molar-refractivity contribution in [2.75, 3.05) is 12.3 Å². The zero-order valence-corrected chi connectivity index (χ0v) is 11.6. The van der Waals surface area contributed by atoms with Crippen LogP contribution < -0.4 is 15.2 Å². The highest BCUT2D eigenvalue weighted by atomic mass is 35.5. The number of aromatic nitrogens is 1. The molecule has 0 aliphatic heterocycles. The molecule has 0 saturated heterocycles. The molecule has 2 N–H and O–H groups in total. The molecule has 100 valence electrons. The normalized spacial score (nSPS) is 10.3. The van der Waals surface area contributed by atoms with Crippen LogP contribution in [-0.4, -0.2) is 11.6 Å². The maximum atomic E-state index is 5.96. The van der Waals surface area contributed by atoms with E-state index in [1.54, 1.807) is 24.3 Å². The summed E-state index contributed by atoms with van der Waals surface area (Å²) in [5.41, 5.74) is 7.18. The van der Waals surface area contributed by atoms with Crippen molar-refractivity contribution in [3.8, 4) is 17.5 Å². The summed E-state index contributed by atoms with van der Waals surface area (Å²) in [7, 11) is 0. The van der Waals surface area contributed by atoms with Gasteiger partial charge in [0.15, 0.2) is 0 Å². The summed E-state index contributed by atoms with van der Waals surface area (Å²) >= 11 is 5.96. The lowest BCUT2D eigenvalue weighted by Gasteiger charge is -2.09. The van der Waals surface area contributed by atoms with Gasteiger partial charge in [-0.15, -0.1) is 0 Å². The van der Waals surface area contributed by atoms with Crippen molar-refractivity contribution in [2.45, 2.75) is 13.8 Å². The molecule has 1 heterocycles. The summed E-state index contributed by atoms with van der Waals surface area (Å²) in [6.45, 7) is 4.29. The molecule has 0 fully saturated rings. The molecule has 1 aromatic heterocycles. The first-order valence-corrected chi connectivity index (χ1v) is 6.31. The Morgan fingerprint density at radius 3 is 2.74 bits per heavy atom. The molecule has 0 aliphatic rings. The fourth-order valence-electron chi connectivity index (χ4n) is 1.54. The predicted octanol–water partition coefficient (Wildman–Crippen LogP) is 3.82. The first-order valence-electron chi connectivity index (χ1n) is 5.93. The zero-order chi connectivity index (χ0) is 13.8. The van der Waals surface area contributed by atoms with Crippen molar-refractivity contribution >= 4 is 17.3 Å². The average Bonchev–Trinajstić information content (AvgIpc) is 2.38. The molecule has 2 rings (SSSR count). The molecule has 0 atom stereocenters. The molecular formula is C14H15ClN2O2. The van der Waals surface area contributed by atoms with E-state index in [-0.39, 0.29) is 0 Å². The van der Waals surface area contributed by atoms with Gasteiger partial charge in [0.25, 0.3) is 0 Å². The Morgan fingerprint density at radius 2 is 2.05 bits per heavy atom. The van der Waals surface area contributed by atoms with E-state index in [9.17, 15) is 0 Å². The molecule has 5 heteroatoms. The molecule has 0 amide bonds. The molecule has 2 aromatic rings. The summed E-state index contributed by atoms with van der Waals surface area (Å²) < 4.78 is 11.0. The largest absolute Gasteiger partial charge is 0.476 e. The van der Waals surface area contributed by atoms with Gasteiger partial charge in [0.1, 0.15) is 5.75 Å². The highest BCUT2D eigenvalue weighted by Gasteiger charge is 2.06. The third kappa shape index (κ3) is 3.29. The monoisotopic (exact) mass is 278 g/mol. The molecule has 0 radical (unpaired) electrons. The van der Waals surface area contributed by atoms with Gasteiger partial charge in [-0.3, -0.25) is 0 Å². The van der Waals surface area contributed by atoms with Gasteiger partial charge in [0, 0.05) is 11.1 Å². The minimum atomic E-state index is 0.380. The Kier molecular flexibility index (Phi) is 4.12. The standard InChI is InChI=1S/C14H15ClN2O2/c1-3-18-14-12(16)6-7-13(17-14)19-10-4-5-11(15)9(2)8-10/h4-8H,3,16H2,1-2H3. The van der Waals surface area contributed by atoms with E-state index >= 15 is 0 Å². The topological polar surface area (TPSA) is 57.4 Å². The number of nitrogens with zero attached hydrogens (tertiary/aromatic N) is 1. The van der Waals surface area contributed by atoms with Gasteiger partial charge in [-0.2, -0.15) is 4.98 Å². The highest BCUT2D eigenvalue weighted by molar-refractivity contribution is 6.31. The van der Waals surface area contributed by atoms with Crippen molar-refractivity contribution in [3.05, 3.63) is 40.9 Å². The summed E-state index contributed by atoms with van der Waals surface area (Å²) in [5, 5.41) is 0.702. The van der Waals surface area contributed by atoms with Crippen LogP contribution in [0.5, 0.6) is 17.5 Å². The highest BCUT2D eigenvalue weighted by Crippen LogP contribution is 2.28. The Bertz CT molecular complexity index is 588. The van der Waals surface area contributed by atoms with Crippen molar-refractivity contribution in [2.24, 2.45) is 0 Å². The van der Waals surface area contributed by atoms with Gasteiger partial charge in [0.05, 0.1) is 12.3 Å². The Morgan fingerprint density at radius 1 is 1.26 bits per heavy atom. The van der Waals surface area contributed by atoms with Crippen LogP contribution in [0.1, 0.15) is 12.5 Å². The second-order valence-electron chi connectivity index (χ2n) is 3.99. The van der Waals surface area contributed by atoms with Crippen LogP contribution in [0.2, 0.25) is 5.02 Å². The average molecular weight is 279 g/mol. The molecule has 4 nitrogen and oxygen atoms in total. The Hall–Kier alpha value is -1.94. The number of pyridine rings is 1. The maximum Gasteiger partial charge on any atom is 0.240 e. The third-order valence-corrected chi connectivity index (χ3v) is 2.92. The van der Waals surface area contributed by atoms with Gasteiger partial charge in [-0.05, 0) is 43.7 Å². The molecule has 0 aliphatic carbocycles. The number of rotatable bonds is 4. The number of hydrogen-bond donors (Lipinski definition) is 1. The minimum absolute atomic E-state index is 0.380. The number of halogens is 1. The number of hydrogen-bond acceptors (Lipinski definition) is 4. The number of benzene rings is 1. The van der Waals surface area contributed by atoms with Crippen LogP contribution in [0, 0.1) is 6.92 Å². The molecule has 19 heavy (non-hydrogen) atoms. The number of anilines is 1. The first kappa shape index (κ1) is 13.5. The Balaban J connectivity index is 2.22. The van der Waals surface area contributed by atoms with Crippen LogP contribution in [0.15, 0.2) is 30.3 Å². The lowest BCUT2D eigenvalue weighted by Crippen LogP contribution is -2.00. The third-order valence-electron chi connectivity index (χ3n) is 2.50. The summed E-state index contributed by atoms with van der Waals surface area (Å²) in [6.07, 6.45) is 0. The van der Waals surface area contributed by atoms with E-state index in [0.29, 0.717) is 34.8 Å². The van der Waals surface area contributed by atoms with E-state index in [1.165, 1.54) is 0 Å². The summed E-state index contributed by atoms with van der Waals surface area (Å²) in [6, 6.07) is 8.82. The fraction of sp³-hybridized carbons (Fsp3) is 0.214. The van der Waals surface area contributed by atoms with Crippen molar-refractivity contribution < 1.29 is 9.47 Å². The number of aryl methyl sites for hydroxylation is 1. The summed E-state index contributed by atoms with van der Waals surface area (Å²) in [5.74, 6) is 1.48.